The van der Waals surface area contributed by atoms with E-state index in [0.717, 1.165) is 19.3 Å². The third kappa shape index (κ3) is 3.38. The van der Waals surface area contributed by atoms with Crippen molar-refractivity contribution in [3.05, 3.63) is 42.1 Å². The topological polar surface area (TPSA) is 25.8 Å². The summed E-state index contributed by atoms with van der Waals surface area (Å²) in [7, 11) is 0. The summed E-state index contributed by atoms with van der Waals surface area (Å²) in [6.45, 7) is 0. The predicted molar refractivity (Wildman–Crippen MR) is 99.1 cm³/mol. The van der Waals surface area contributed by atoms with Gasteiger partial charge in [0.05, 0.1) is 9.26 Å². The van der Waals surface area contributed by atoms with Crippen LogP contribution in [0.1, 0.15) is 37.3 Å². The molecule has 0 spiro atoms. The van der Waals surface area contributed by atoms with Gasteiger partial charge in [0, 0.05) is 21.0 Å². The fourth-order valence-electron chi connectivity index (χ4n) is 2.69. The first-order chi connectivity index (χ1) is 10.1. The first-order valence-corrected chi connectivity index (χ1v) is 9.37. The Balaban J connectivity index is 2.13. The first kappa shape index (κ1) is 16.0. The Morgan fingerprint density at radius 3 is 2.57 bits per heavy atom. The van der Waals surface area contributed by atoms with E-state index in [1.807, 2.05) is 18.2 Å². The van der Waals surface area contributed by atoms with Crippen LogP contribution in [0.4, 0.5) is 0 Å². The zero-order valence-electron chi connectivity index (χ0n) is 11.0. The number of hydrogen-bond acceptors (Lipinski definition) is 2. The van der Waals surface area contributed by atoms with Crippen molar-refractivity contribution in [2.45, 2.75) is 31.6 Å². The molecular formula is C15H12BrCl2IN2. The maximum Gasteiger partial charge on any atom is 0.162 e. The Hall–Kier alpha value is 0.0900. The normalized spacial score (nSPS) is 15.6. The van der Waals surface area contributed by atoms with Gasteiger partial charge in [0.15, 0.2) is 5.82 Å². The van der Waals surface area contributed by atoms with Crippen molar-refractivity contribution >= 4 is 61.7 Å². The molecule has 0 unspecified atom stereocenters. The highest BCUT2D eigenvalue weighted by molar-refractivity contribution is 14.1. The number of rotatable bonds is 2. The van der Waals surface area contributed by atoms with Gasteiger partial charge in [0.1, 0.15) is 5.15 Å². The molecule has 0 radical (unpaired) electrons. The SMILES string of the molecule is Clc1ccc(Br)c(-c2nc(Cl)c(I)c(C3CCCC3)n2)c1. The molecule has 0 aliphatic heterocycles. The highest BCUT2D eigenvalue weighted by Gasteiger charge is 2.24. The Morgan fingerprint density at radius 2 is 1.86 bits per heavy atom. The van der Waals surface area contributed by atoms with Crippen LogP contribution in [0.15, 0.2) is 22.7 Å². The summed E-state index contributed by atoms with van der Waals surface area (Å²) in [5, 5.41) is 1.18. The molecule has 0 amide bonds. The molecular weight excluding hydrogens is 486 g/mol. The maximum atomic E-state index is 6.33. The van der Waals surface area contributed by atoms with Gasteiger partial charge in [-0.15, -0.1) is 0 Å². The van der Waals surface area contributed by atoms with Crippen LogP contribution in [-0.4, -0.2) is 9.97 Å². The minimum Gasteiger partial charge on any atom is -0.232 e. The lowest BCUT2D eigenvalue weighted by atomic mass is 10.0. The monoisotopic (exact) mass is 496 g/mol. The Kier molecular flexibility index (Phi) is 5.08. The van der Waals surface area contributed by atoms with Crippen molar-refractivity contribution < 1.29 is 0 Å². The second-order valence-electron chi connectivity index (χ2n) is 5.14. The Labute approximate surface area is 155 Å². The zero-order chi connectivity index (χ0) is 15.0. The van der Waals surface area contributed by atoms with Gasteiger partial charge in [-0.2, -0.15) is 0 Å². The van der Waals surface area contributed by atoms with Gasteiger partial charge in [-0.05, 0) is 53.6 Å². The lowest BCUT2D eigenvalue weighted by Crippen LogP contribution is -2.05. The molecule has 6 heteroatoms. The second kappa shape index (κ2) is 6.69. The second-order valence-corrected chi connectivity index (χ2v) is 7.87. The van der Waals surface area contributed by atoms with Crippen LogP contribution in [0.2, 0.25) is 10.2 Å². The van der Waals surface area contributed by atoms with Crippen LogP contribution in [0.5, 0.6) is 0 Å². The van der Waals surface area contributed by atoms with E-state index in [0.29, 0.717) is 21.9 Å². The largest absolute Gasteiger partial charge is 0.232 e. The lowest BCUT2D eigenvalue weighted by molar-refractivity contribution is 0.690. The molecule has 1 saturated carbocycles. The molecule has 1 aromatic heterocycles. The number of nitrogens with zero attached hydrogens (tertiary/aromatic N) is 2. The summed E-state index contributed by atoms with van der Waals surface area (Å²) >= 11 is 18.2. The molecule has 2 nitrogen and oxygen atoms in total. The first-order valence-electron chi connectivity index (χ1n) is 6.74. The molecule has 0 atom stereocenters. The third-order valence-electron chi connectivity index (χ3n) is 3.75. The van der Waals surface area contributed by atoms with Crippen molar-refractivity contribution in [1.29, 1.82) is 0 Å². The minimum absolute atomic E-state index is 0.495. The van der Waals surface area contributed by atoms with Crippen LogP contribution < -0.4 is 0 Å². The average Bonchev–Trinajstić information content (AvgIpc) is 2.98. The smallest absolute Gasteiger partial charge is 0.162 e. The van der Waals surface area contributed by atoms with Crippen molar-refractivity contribution in [2.75, 3.05) is 0 Å². The van der Waals surface area contributed by atoms with Crippen LogP contribution in [0.3, 0.4) is 0 Å². The minimum atomic E-state index is 0.495. The summed E-state index contributed by atoms with van der Waals surface area (Å²) in [6, 6.07) is 5.60. The predicted octanol–water partition coefficient (Wildman–Crippen LogP) is 6.48. The number of benzene rings is 1. The van der Waals surface area contributed by atoms with Crippen molar-refractivity contribution in [2.24, 2.45) is 0 Å². The number of hydrogen-bond donors (Lipinski definition) is 0. The fraction of sp³-hybridized carbons (Fsp3) is 0.333. The third-order valence-corrected chi connectivity index (χ3v) is 6.33. The summed E-state index contributed by atoms with van der Waals surface area (Å²) in [4.78, 5) is 9.23. The van der Waals surface area contributed by atoms with Crippen LogP contribution in [0, 0.1) is 3.57 Å². The van der Waals surface area contributed by atoms with E-state index in [4.69, 9.17) is 28.2 Å². The standard InChI is InChI=1S/C15H12BrCl2IN2/c16-11-6-5-9(17)7-10(11)15-20-13(8-3-1-2-4-8)12(19)14(18)21-15/h5-8H,1-4H2. The number of aromatic nitrogens is 2. The average molecular weight is 498 g/mol. The van der Waals surface area contributed by atoms with Crippen molar-refractivity contribution in [3.8, 4) is 11.4 Å². The van der Waals surface area contributed by atoms with Gasteiger partial charge in [-0.1, -0.05) is 52.0 Å². The van der Waals surface area contributed by atoms with E-state index in [2.05, 4.69) is 43.5 Å². The molecule has 0 saturated heterocycles. The van der Waals surface area contributed by atoms with E-state index in [-0.39, 0.29) is 0 Å². The molecule has 0 N–H and O–H groups in total. The van der Waals surface area contributed by atoms with E-state index >= 15 is 0 Å². The summed E-state index contributed by atoms with van der Waals surface area (Å²) < 4.78 is 1.89. The van der Waals surface area contributed by atoms with Gasteiger partial charge < -0.3 is 0 Å². The Bertz CT molecular complexity index is 688. The van der Waals surface area contributed by atoms with Crippen LogP contribution in [-0.2, 0) is 0 Å². The molecule has 1 fully saturated rings. The zero-order valence-corrected chi connectivity index (χ0v) is 16.3. The fourth-order valence-corrected chi connectivity index (χ4v) is 4.15. The van der Waals surface area contributed by atoms with Gasteiger partial charge >= 0.3 is 0 Å². The van der Waals surface area contributed by atoms with Crippen molar-refractivity contribution in [3.63, 3.8) is 0 Å². The number of halogens is 4. The van der Waals surface area contributed by atoms with Gasteiger partial charge in [0.25, 0.3) is 0 Å². The van der Waals surface area contributed by atoms with E-state index in [1.54, 1.807) is 0 Å². The quantitative estimate of drug-likeness (QED) is 0.351. The summed E-state index contributed by atoms with van der Waals surface area (Å²) in [5.41, 5.74) is 1.95. The van der Waals surface area contributed by atoms with Crippen molar-refractivity contribution in [1.82, 2.24) is 9.97 Å². The van der Waals surface area contributed by atoms with Gasteiger partial charge in [-0.25, -0.2) is 9.97 Å². The van der Waals surface area contributed by atoms with E-state index in [1.165, 1.54) is 25.7 Å². The van der Waals surface area contributed by atoms with Crippen LogP contribution in [0.25, 0.3) is 11.4 Å². The molecule has 2 aromatic rings. The molecule has 1 aliphatic carbocycles. The van der Waals surface area contributed by atoms with Gasteiger partial charge in [0.2, 0.25) is 0 Å². The Morgan fingerprint density at radius 1 is 1.14 bits per heavy atom. The van der Waals surface area contributed by atoms with E-state index in [9.17, 15) is 0 Å². The molecule has 21 heavy (non-hydrogen) atoms. The molecule has 110 valence electrons. The lowest BCUT2D eigenvalue weighted by Gasteiger charge is -2.14. The molecule has 3 rings (SSSR count). The molecule has 1 aliphatic rings. The van der Waals surface area contributed by atoms with Crippen LogP contribution >= 0.6 is 61.7 Å². The molecule has 0 bridgehead atoms. The maximum absolute atomic E-state index is 6.33. The van der Waals surface area contributed by atoms with E-state index < -0.39 is 0 Å². The molecule has 1 heterocycles. The highest BCUT2D eigenvalue weighted by atomic mass is 127. The highest BCUT2D eigenvalue weighted by Crippen LogP contribution is 2.38. The molecule has 1 aromatic carbocycles. The summed E-state index contributed by atoms with van der Waals surface area (Å²) in [5.74, 6) is 1.13. The summed E-state index contributed by atoms with van der Waals surface area (Å²) in [6.07, 6.45) is 4.89. The van der Waals surface area contributed by atoms with Gasteiger partial charge in [-0.3, -0.25) is 0 Å².